The molecule has 0 bridgehead atoms. The molecule has 186 valence electrons. The van der Waals surface area contributed by atoms with Gasteiger partial charge in [0.25, 0.3) is 0 Å². The van der Waals surface area contributed by atoms with Crippen LogP contribution in [0.1, 0.15) is 29.7 Å². The van der Waals surface area contributed by atoms with Gasteiger partial charge in [-0.2, -0.15) is 0 Å². The lowest BCUT2D eigenvalue weighted by Gasteiger charge is -2.38. The monoisotopic (exact) mass is 484 g/mol. The SMILES string of the molecule is CCOC(=O)C1=C(CN2CCN(c3ccc(C)cc3C)CC2)NC(=O)N[C@@H]1c1ccc(F)c(F)c1. The van der Waals surface area contributed by atoms with Gasteiger partial charge in [-0.1, -0.05) is 23.8 Å². The Morgan fingerprint density at radius 3 is 2.46 bits per heavy atom. The first kappa shape index (κ1) is 24.7. The highest BCUT2D eigenvalue weighted by Gasteiger charge is 2.35. The maximum atomic E-state index is 14.0. The molecule has 0 aliphatic carbocycles. The number of esters is 1. The molecule has 0 aromatic heterocycles. The first-order chi connectivity index (χ1) is 16.8. The van der Waals surface area contributed by atoms with Gasteiger partial charge in [0.15, 0.2) is 11.6 Å². The second-order valence-electron chi connectivity index (χ2n) is 8.87. The van der Waals surface area contributed by atoms with Crippen molar-refractivity contribution < 1.29 is 23.1 Å². The van der Waals surface area contributed by atoms with Gasteiger partial charge in [-0.05, 0) is 50.1 Å². The van der Waals surface area contributed by atoms with E-state index in [0.717, 1.165) is 38.3 Å². The molecule has 9 heteroatoms. The van der Waals surface area contributed by atoms with E-state index in [1.165, 1.54) is 22.9 Å². The number of nitrogens with one attached hydrogen (secondary N) is 2. The van der Waals surface area contributed by atoms with E-state index in [1.807, 2.05) is 0 Å². The van der Waals surface area contributed by atoms with E-state index in [4.69, 9.17) is 4.74 Å². The molecule has 4 rings (SSSR count). The molecule has 2 aliphatic rings. The minimum Gasteiger partial charge on any atom is -0.463 e. The summed E-state index contributed by atoms with van der Waals surface area (Å²) in [5.41, 5.74) is 4.51. The molecule has 2 N–H and O–H groups in total. The molecule has 2 heterocycles. The lowest BCUT2D eigenvalue weighted by atomic mass is 9.94. The Labute approximate surface area is 203 Å². The number of hydrogen-bond donors (Lipinski definition) is 2. The summed E-state index contributed by atoms with van der Waals surface area (Å²) in [6, 6.07) is 8.27. The average Bonchev–Trinajstić information content (AvgIpc) is 2.81. The van der Waals surface area contributed by atoms with Crippen LogP contribution in [0.15, 0.2) is 47.7 Å². The summed E-state index contributed by atoms with van der Waals surface area (Å²) >= 11 is 0. The maximum absolute atomic E-state index is 14.0. The Hall–Kier alpha value is -3.46. The Kier molecular flexibility index (Phi) is 7.35. The molecule has 2 aliphatic heterocycles. The number of aryl methyl sites for hydroxylation is 2. The summed E-state index contributed by atoms with van der Waals surface area (Å²) < 4.78 is 32.7. The van der Waals surface area contributed by atoms with E-state index >= 15 is 0 Å². The van der Waals surface area contributed by atoms with E-state index in [9.17, 15) is 18.4 Å². The molecule has 1 atom stereocenters. The molecule has 0 spiro atoms. The van der Waals surface area contributed by atoms with Crippen molar-refractivity contribution in [1.82, 2.24) is 15.5 Å². The van der Waals surface area contributed by atoms with Crippen molar-refractivity contribution in [2.45, 2.75) is 26.8 Å². The van der Waals surface area contributed by atoms with Crippen LogP contribution in [0.25, 0.3) is 0 Å². The fourth-order valence-electron chi connectivity index (χ4n) is 4.67. The number of hydrogen-bond acceptors (Lipinski definition) is 5. The Bertz CT molecular complexity index is 1160. The number of benzene rings is 2. The Balaban J connectivity index is 1.57. The molecule has 2 amide bonds. The van der Waals surface area contributed by atoms with E-state index in [2.05, 4.69) is 52.5 Å². The van der Waals surface area contributed by atoms with Crippen LogP contribution >= 0.6 is 0 Å². The summed E-state index contributed by atoms with van der Waals surface area (Å²) in [7, 11) is 0. The molecule has 2 aromatic carbocycles. The third-order valence-corrected chi connectivity index (χ3v) is 6.37. The fraction of sp³-hybridized carbons (Fsp3) is 0.385. The van der Waals surface area contributed by atoms with E-state index < -0.39 is 29.7 Å². The van der Waals surface area contributed by atoms with Crippen molar-refractivity contribution >= 4 is 17.7 Å². The van der Waals surface area contributed by atoms with Gasteiger partial charge in [-0.25, -0.2) is 18.4 Å². The molecule has 7 nitrogen and oxygen atoms in total. The first-order valence-corrected chi connectivity index (χ1v) is 11.7. The van der Waals surface area contributed by atoms with Gasteiger partial charge in [0, 0.05) is 44.1 Å². The molecule has 0 saturated carbocycles. The number of piperazine rings is 1. The summed E-state index contributed by atoms with van der Waals surface area (Å²) in [5, 5.41) is 5.39. The predicted molar refractivity (Wildman–Crippen MR) is 129 cm³/mol. The maximum Gasteiger partial charge on any atom is 0.338 e. The summed E-state index contributed by atoms with van der Waals surface area (Å²) in [5.74, 6) is -2.67. The first-order valence-electron chi connectivity index (χ1n) is 11.7. The molecular formula is C26H30F2N4O3. The highest BCUT2D eigenvalue weighted by Crippen LogP contribution is 2.30. The van der Waals surface area contributed by atoms with E-state index in [-0.39, 0.29) is 17.7 Å². The number of carbonyl (C=O) groups excluding carboxylic acids is 2. The number of rotatable bonds is 6. The zero-order valence-corrected chi connectivity index (χ0v) is 20.2. The second-order valence-corrected chi connectivity index (χ2v) is 8.87. The van der Waals surface area contributed by atoms with Gasteiger partial charge in [0.1, 0.15) is 0 Å². The van der Waals surface area contributed by atoms with Crippen LogP contribution in [0.3, 0.4) is 0 Å². The molecule has 0 unspecified atom stereocenters. The van der Waals surface area contributed by atoms with E-state index in [0.29, 0.717) is 12.2 Å². The Morgan fingerprint density at radius 2 is 1.80 bits per heavy atom. The van der Waals surface area contributed by atoms with Crippen molar-refractivity contribution in [3.63, 3.8) is 0 Å². The van der Waals surface area contributed by atoms with Crippen molar-refractivity contribution in [1.29, 1.82) is 0 Å². The number of ether oxygens (including phenoxy) is 1. The lowest BCUT2D eigenvalue weighted by molar-refractivity contribution is -0.139. The number of nitrogens with zero attached hydrogens (tertiary/aromatic N) is 2. The highest BCUT2D eigenvalue weighted by molar-refractivity contribution is 5.95. The predicted octanol–water partition coefficient (Wildman–Crippen LogP) is 3.57. The van der Waals surface area contributed by atoms with Crippen LogP contribution in [0.5, 0.6) is 0 Å². The van der Waals surface area contributed by atoms with Crippen LogP contribution in [0.4, 0.5) is 19.3 Å². The van der Waals surface area contributed by atoms with Crippen molar-refractivity contribution in [3.05, 3.63) is 76.0 Å². The smallest absolute Gasteiger partial charge is 0.338 e. The fourth-order valence-corrected chi connectivity index (χ4v) is 4.67. The third kappa shape index (κ3) is 5.45. The van der Waals surface area contributed by atoms with Crippen molar-refractivity contribution in [2.75, 3.05) is 44.2 Å². The molecule has 2 aromatic rings. The largest absolute Gasteiger partial charge is 0.463 e. The van der Waals surface area contributed by atoms with E-state index in [1.54, 1.807) is 6.92 Å². The lowest BCUT2D eigenvalue weighted by Crippen LogP contribution is -2.52. The van der Waals surface area contributed by atoms with Gasteiger partial charge >= 0.3 is 12.0 Å². The topological polar surface area (TPSA) is 73.9 Å². The zero-order chi connectivity index (χ0) is 25.1. The van der Waals surface area contributed by atoms with Crippen LogP contribution in [0, 0.1) is 25.5 Å². The Morgan fingerprint density at radius 1 is 1.06 bits per heavy atom. The highest BCUT2D eigenvalue weighted by atomic mass is 19.2. The molecular weight excluding hydrogens is 454 g/mol. The molecule has 1 saturated heterocycles. The third-order valence-electron chi connectivity index (χ3n) is 6.37. The van der Waals surface area contributed by atoms with Crippen LogP contribution in [-0.4, -0.2) is 56.2 Å². The van der Waals surface area contributed by atoms with Gasteiger partial charge in [-0.15, -0.1) is 0 Å². The standard InChI is InChI=1S/C26H30F2N4O3/c1-4-35-25(33)23-21(29-26(34)30-24(23)18-6-7-19(27)20(28)14-18)15-31-9-11-32(12-10-31)22-8-5-16(2)13-17(22)3/h5-8,13-14,24H,4,9-12,15H2,1-3H3,(H2,29,30,34)/t24-/m1/s1. The molecule has 0 radical (unpaired) electrons. The van der Waals surface area contributed by atoms with Crippen molar-refractivity contribution in [2.24, 2.45) is 0 Å². The summed E-state index contributed by atoms with van der Waals surface area (Å²) in [4.78, 5) is 29.9. The number of urea groups is 1. The van der Waals surface area contributed by atoms with Gasteiger partial charge in [-0.3, -0.25) is 4.90 Å². The van der Waals surface area contributed by atoms with Gasteiger partial charge in [0.2, 0.25) is 0 Å². The number of anilines is 1. The van der Waals surface area contributed by atoms with Crippen LogP contribution in [0.2, 0.25) is 0 Å². The minimum absolute atomic E-state index is 0.142. The zero-order valence-electron chi connectivity index (χ0n) is 20.2. The minimum atomic E-state index is -1.05. The average molecular weight is 485 g/mol. The van der Waals surface area contributed by atoms with Gasteiger partial charge in [0.05, 0.1) is 18.2 Å². The van der Waals surface area contributed by atoms with Crippen LogP contribution < -0.4 is 15.5 Å². The van der Waals surface area contributed by atoms with Crippen LogP contribution in [-0.2, 0) is 9.53 Å². The number of carbonyl (C=O) groups is 2. The number of halogens is 2. The molecule has 1 fully saturated rings. The van der Waals surface area contributed by atoms with Gasteiger partial charge < -0.3 is 20.3 Å². The second kappa shape index (κ2) is 10.4. The summed E-state index contributed by atoms with van der Waals surface area (Å²) in [6.45, 7) is 9.38. The quantitative estimate of drug-likeness (QED) is 0.614. The van der Waals surface area contributed by atoms with Crippen molar-refractivity contribution in [3.8, 4) is 0 Å². The summed E-state index contributed by atoms with van der Waals surface area (Å²) in [6.07, 6.45) is 0. The number of amides is 2. The molecule has 35 heavy (non-hydrogen) atoms. The normalized spacial score (nSPS) is 18.8.